The number of ether oxygens (including phenoxy) is 1. The third kappa shape index (κ3) is 5.93. The van der Waals surface area contributed by atoms with Gasteiger partial charge in [0.15, 0.2) is 11.6 Å². The molecular weight excluding hydrogens is 433 g/mol. The highest BCUT2D eigenvalue weighted by Gasteiger charge is 2.19. The number of nitrogens with zero attached hydrogens (tertiary/aromatic N) is 4. The summed E-state index contributed by atoms with van der Waals surface area (Å²) in [7, 11) is 2.11. The first-order valence-electron chi connectivity index (χ1n) is 12.1. The van der Waals surface area contributed by atoms with Gasteiger partial charge in [0.25, 0.3) is 0 Å². The van der Waals surface area contributed by atoms with Crippen LogP contribution in [0.15, 0.2) is 42.9 Å². The Bertz CT molecular complexity index is 1300. The Morgan fingerprint density at radius 1 is 1.26 bits per heavy atom. The van der Waals surface area contributed by atoms with Crippen LogP contribution in [0.2, 0.25) is 0 Å². The van der Waals surface area contributed by atoms with E-state index in [2.05, 4.69) is 33.9 Å². The number of hydrogen-bond acceptors (Lipinski definition) is 6. The van der Waals surface area contributed by atoms with Crippen molar-refractivity contribution >= 4 is 5.82 Å². The normalized spacial score (nSPS) is 16.4. The maximum absolute atomic E-state index is 14.6. The Labute approximate surface area is 202 Å². The average molecular weight is 466 g/mol. The molecule has 34 heavy (non-hydrogen) atoms. The van der Waals surface area contributed by atoms with Crippen LogP contribution in [0, 0.1) is 17.7 Å². The van der Waals surface area contributed by atoms with Crippen LogP contribution in [-0.4, -0.2) is 50.5 Å². The van der Waals surface area contributed by atoms with Crippen LogP contribution in [0.3, 0.4) is 0 Å². The lowest BCUT2D eigenvalue weighted by atomic mass is 10.1. The lowest BCUT2D eigenvalue weighted by Gasteiger charge is -2.28. The molecule has 0 atom stereocenters. The monoisotopic (exact) mass is 465 g/mol. The first kappa shape index (κ1) is 21.1. The molecule has 1 aromatic carbocycles. The molecule has 2 aromatic heterocycles. The Balaban J connectivity index is 1.58. The van der Waals surface area contributed by atoms with Gasteiger partial charge in [-0.15, -0.1) is 0 Å². The Hall–Kier alpha value is -3.41. The van der Waals surface area contributed by atoms with Crippen molar-refractivity contribution in [2.75, 3.05) is 25.9 Å². The number of anilines is 1. The van der Waals surface area contributed by atoms with Crippen LogP contribution in [-0.2, 0) is 6.56 Å². The molecule has 4 rings (SSSR count). The summed E-state index contributed by atoms with van der Waals surface area (Å²) in [6.07, 6.45) is 7.26. The summed E-state index contributed by atoms with van der Waals surface area (Å²) in [4.78, 5) is 6.45. The van der Waals surface area contributed by atoms with E-state index in [1.54, 1.807) is 18.5 Å². The molecule has 1 aliphatic heterocycles. The third-order valence-corrected chi connectivity index (χ3v) is 5.63. The van der Waals surface area contributed by atoms with Gasteiger partial charge in [0, 0.05) is 34.6 Å². The van der Waals surface area contributed by atoms with E-state index in [-0.39, 0.29) is 17.1 Å². The minimum Gasteiger partial charge on any atom is -0.485 e. The zero-order chi connectivity index (χ0) is 26.1. The van der Waals surface area contributed by atoms with Crippen molar-refractivity contribution in [2.24, 2.45) is 0 Å². The predicted molar refractivity (Wildman–Crippen MR) is 130 cm³/mol. The first-order valence-corrected chi connectivity index (χ1v) is 11.1. The fraction of sp³-hybridized carbons (Fsp3) is 0.385. The van der Waals surface area contributed by atoms with Crippen LogP contribution < -0.4 is 10.5 Å². The van der Waals surface area contributed by atoms with Crippen molar-refractivity contribution in [2.45, 2.75) is 44.9 Å². The second-order valence-corrected chi connectivity index (χ2v) is 9.06. The van der Waals surface area contributed by atoms with Gasteiger partial charge in [-0.1, -0.05) is 11.8 Å². The molecule has 7 nitrogen and oxygen atoms in total. The topological polar surface area (TPSA) is 89.4 Å². The lowest BCUT2D eigenvalue weighted by molar-refractivity contribution is 0.143. The molecule has 1 aliphatic rings. The number of rotatable bonds is 5. The molecule has 0 aliphatic carbocycles. The number of benzene rings is 1. The fourth-order valence-electron chi connectivity index (χ4n) is 3.66. The van der Waals surface area contributed by atoms with Crippen molar-refractivity contribution in [3.05, 3.63) is 59.8 Å². The van der Waals surface area contributed by atoms with Crippen LogP contribution >= 0.6 is 0 Å². The quantitative estimate of drug-likeness (QED) is 0.560. The summed E-state index contributed by atoms with van der Waals surface area (Å²) >= 11 is 0. The van der Waals surface area contributed by atoms with E-state index in [1.165, 1.54) is 26.0 Å². The van der Waals surface area contributed by atoms with E-state index in [1.807, 2.05) is 10.9 Å². The van der Waals surface area contributed by atoms with E-state index in [9.17, 15) is 9.50 Å². The zero-order valence-electron chi connectivity index (χ0n) is 21.5. The molecule has 0 radical (unpaired) electrons. The number of nitrogens with two attached hydrogens (primary N) is 1. The highest BCUT2D eigenvalue weighted by molar-refractivity contribution is 5.65. The maximum atomic E-state index is 14.6. The van der Waals surface area contributed by atoms with Gasteiger partial charge in [-0.2, -0.15) is 5.10 Å². The summed E-state index contributed by atoms with van der Waals surface area (Å²) in [5, 5.41) is 14.3. The SMILES string of the molecule is [2H]C([2H])(Oc1cc(-c2cnn(C3CCN(C)CC3)c2)cnc1N)c1cc(C#CC(C)(C)O)ccc1F. The van der Waals surface area contributed by atoms with Crippen molar-refractivity contribution in [1.29, 1.82) is 0 Å². The van der Waals surface area contributed by atoms with Crippen molar-refractivity contribution in [1.82, 2.24) is 19.7 Å². The molecule has 0 bridgehead atoms. The van der Waals surface area contributed by atoms with Crippen molar-refractivity contribution < 1.29 is 17.0 Å². The predicted octanol–water partition coefficient (Wildman–Crippen LogP) is 3.63. The van der Waals surface area contributed by atoms with Crippen LogP contribution in [0.5, 0.6) is 5.75 Å². The molecule has 3 aromatic rings. The summed E-state index contributed by atoms with van der Waals surface area (Å²) in [5.41, 5.74) is 6.17. The van der Waals surface area contributed by atoms with Crippen LogP contribution in [0.25, 0.3) is 11.1 Å². The van der Waals surface area contributed by atoms with Crippen LogP contribution in [0.1, 0.15) is 46.6 Å². The highest BCUT2D eigenvalue weighted by Crippen LogP contribution is 2.29. The fourth-order valence-corrected chi connectivity index (χ4v) is 3.66. The highest BCUT2D eigenvalue weighted by atomic mass is 19.1. The minimum atomic E-state index is -2.57. The molecular formula is C26H30FN5O2. The molecule has 0 amide bonds. The Morgan fingerprint density at radius 3 is 2.76 bits per heavy atom. The second kappa shape index (κ2) is 9.84. The zero-order valence-corrected chi connectivity index (χ0v) is 19.5. The number of halogens is 1. The molecule has 1 saturated heterocycles. The molecule has 0 spiro atoms. The number of aromatic nitrogens is 3. The largest absolute Gasteiger partial charge is 0.485 e. The maximum Gasteiger partial charge on any atom is 0.166 e. The van der Waals surface area contributed by atoms with Gasteiger partial charge in [0.05, 0.1) is 15.0 Å². The van der Waals surface area contributed by atoms with Gasteiger partial charge in [-0.05, 0) is 71.1 Å². The molecule has 3 N–H and O–H groups in total. The number of likely N-dealkylation sites (tertiary alicyclic amines) is 1. The van der Waals surface area contributed by atoms with Gasteiger partial charge in [0.2, 0.25) is 0 Å². The third-order valence-electron chi connectivity index (χ3n) is 5.63. The van der Waals surface area contributed by atoms with E-state index in [0.717, 1.165) is 37.6 Å². The standard InChI is InChI=1S/C26H30FN5O2/c1-26(2,33)9-6-18-4-5-23(27)20(12-18)17-34-24-13-19(14-29-25(24)28)21-15-30-32(16-21)22-7-10-31(3)11-8-22/h4-5,12-16,22,33H,7-8,10-11,17H2,1-3H3,(H2,28,29)/i17D2. The smallest absolute Gasteiger partial charge is 0.166 e. The van der Waals surface area contributed by atoms with Gasteiger partial charge in [0.1, 0.15) is 18.0 Å². The molecule has 0 saturated carbocycles. The first-order chi connectivity index (χ1) is 16.9. The van der Waals surface area contributed by atoms with E-state index in [0.29, 0.717) is 17.2 Å². The number of aliphatic hydroxyl groups is 1. The number of pyridine rings is 1. The molecule has 1 fully saturated rings. The average Bonchev–Trinajstić information content (AvgIpc) is 3.30. The summed E-state index contributed by atoms with van der Waals surface area (Å²) < 4.78 is 39.0. The van der Waals surface area contributed by atoms with Gasteiger partial charge in [-0.25, -0.2) is 9.37 Å². The van der Waals surface area contributed by atoms with E-state index < -0.39 is 18.0 Å². The second-order valence-electron chi connectivity index (χ2n) is 9.06. The van der Waals surface area contributed by atoms with Gasteiger partial charge >= 0.3 is 0 Å². The summed E-state index contributed by atoms with van der Waals surface area (Å²) in [6, 6.07) is 5.67. The molecule has 0 unspecified atom stereocenters. The van der Waals surface area contributed by atoms with Crippen LogP contribution in [0.4, 0.5) is 10.2 Å². The Kier molecular flexibility index (Phi) is 6.12. The van der Waals surface area contributed by atoms with Gasteiger partial charge in [-0.3, -0.25) is 4.68 Å². The minimum absolute atomic E-state index is 0.0167. The molecule has 3 heterocycles. The summed E-state index contributed by atoms with van der Waals surface area (Å²) in [6.45, 7) is 2.50. The van der Waals surface area contributed by atoms with Crippen molar-refractivity contribution in [3.8, 4) is 28.7 Å². The molecule has 178 valence electrons. The number of nitrogen functional groups attached to an aromatic ring is 1. The van der Waals surface area contributed by atoms with Gasteiger partial charge < -0.3 is 20.5 Å². The Morgan fingerprint density at radius 2 is 2.03 bits per heavy atom. The molecule has 8 heteroatoms. The number of piperidine rings is 1. The van der Waals surface area contributed by atoms with Crippen molar-refractivity contribution in [3.63, 3.8) is 0 Å². The van der Waals surface area contributed by atoms with E-state index in [4.69, 9.17) is 13.2 Å². The number of hydrogen-bond donors (Lipinski definition) is 2. The summed E-state index contributed by atoms with van der Waals surface area (Å²) in [5.74, 6) is 4.52. The lowest BCUT2D eigenvalue weighted by Crippen LogP contribution is -2.31. The van der Waals surface area contributed by atoms with E-state index >= 15 is 0 Å².